The Kier molecular flexibility index (Phi) is 5.94. The van der Waals surface area contributed by atoms with Gasteiger partial charge in [-0.05, 0) is 0 Å². The first kappa shape index (κ1) is 11.8. The standard InChI is InChI=1S/C2HCl3O2.Mg.2H/c3-2(4,5)1(6)7;;;/h(H,6,7);;;. The molecule has 0 rings (SSSR count). The summed E-state index contributed by atoms with van der Waals surface area (Å²) in [4.78, 5) is 9.62. The summed E-state index contributed by atoms with van der Waals surface area (Å²) in [5.74, 6) is -1.46. The van der Waals surface area contributed by atoms with Crippen molar-refractivity contribution in [2.75, 3.05) is 0 Å². The molecule has 0 bridgehead atoms. The Hall–Kier alpha value is 1.11. The SMILES string of the molecule is O=C(O)C(Cl)(Cl)Cl.[MgH2]. The third kappa shape index (κ3) is 5.25. The van der Waals surface area contributed by atoms with E-state index in [0.29, 0.717) is 0 Å². The van der Waals surface area contributed by atoms with E-state index in [9.17, 15) is 4.79 Å². The van der Waals surface area contributed by atoms with Crippen LogP contribution in [-0.4, -0.2) is 37.9 Å². The lowest BCUT2D eigenvalue weighted by Crippen LogP contribution is -2.16. The van der Waals surface area contributed by atoms with Crippen molar-refractivity contribution in [3.05, 3.63) is 0 Å². The average molecular weight is 190 g/mol. The van der Waals surface area contributed by atoms with Gasteiger partial charge in [0, 0.05) is 0 Å². The molecule has 2 nitrogen and oxygen atoms in total. The van der Waals surface area contributed by atoms with Crippen LogP contribution in [-0.2, 0) is 4.79 Å². The molecule has 0 amide bonds. The molecule has 0 aliphatic carbocycles. The Bertz CT molecular complexity index is 87.8. The molecular weight excluding hydrogens is 187 g/mol. The van der Waals surface area contributed by atoms with E-state index in [1.165, 1.54) is 0 Å². The predicted octanol–water partition coefficient (Wildman–Crippen LogP) is 0.525. The number of halogens is 3. The van der Waals surface area contributed by atoms with Gasteiger partial charge in [-0.25, -0.2) is 4.79 Å². The molecule has 0 heterocycles. The summed E-state index contributed by atoms with van der Waals surface area (Å²) < 4.78 is -2.17. The zero-order valence-electron chi connectivity index (χ0n) is 2.99. The van der Waals surface area contributed by atoms with E-state index < -0.39 is 9.76 Å². The monoisotopic (exact) mass is 188 g/mol. The van der Waals surface area contributed by atoms with Gasteiger partial charge in [-0.1, -0.05) is 34.8 Å². The van der Waals surface area contributed by atoms with Crippen molar-refractivity contribution in [1.29, 1.82) is 0 Å². The highest BCUT2D eigenvalue weighted by atomic mass is 35.6. The lowest BCUT2D eigenvalue weighted by atomic mass is 10.8. The van der Waals surface area contributed by atoms with Crippen LogP contribution < -0.4 is 0 Å². The minimum atomic E-state index is -2.17. The van der Waals surface area contributed by atoms with Crippen LogP contribution in [0.15, 0.2) is 0 Å². The van der Waals surface area contributed by atoms with Gasteiger partial charge in [0.05, 0.1) is 0 Å². The summed E-state index contributed by atoms with van der Waals surface area (Å²) in [6.45, 7) is 0. The molecule has 0 aromatic carbocycles. The molecule has 0 aromatic heterocycles. The minimum Gasteiger partial charge on any atom is -0.478 e. The van der Waals surface area contributed by atoms with E-state index in [1.807, 2.05) is 0 Å². The molecule has 0 saturated heterocycles. The number of hydrogen-bond acceptors (Lipinski definition) is 1. The summed E-state index contributed by atoms with van der Waals surface area (Å²) >= 11 is 14.4. The normalized spacial score (nSPS) is 9.88. The van der Waals surface area contributed by atoms with Gasteiger partial charge in [0.25, 0.3) is 3.79 Å². The first-order valence-corrected chi connectivity index (χ1v) is 2.38. The molecule has 6 heteroatoms. The molecule has 0 aromatic rings. The number of carbonyl (C=O) groups is 1. The molecule has 0 radical (unpaired) electrons. The zero-order valence-corrected chi connectivity index (χ0v) is 5.26. The highest BCUT2D eigenvalue weighted by Crippen LogP contribution is 2.25. The van der Waals surface area contributed by atoms with Crippen molar-refractivity contribution in [2.24, 2.45) is 0 Å². The van der Waals surface area contributed by atoms with E-state index in [2.05, 4.69) is 0 Å². The molecule has 8 heavy (non-hydrogen) atoms. The zero-order chi connectivity index (χ0) is 6.08. The molecular formula is C2H3Cl3MgO2. The van der Waals surface area contributed by atoms with Gasteiger partial charge in [0.1, 0.15) is 0 Å². The summed E-state index contributed by atoms with van der Waals surface area (Å²) in [7, 11) is 0. The van der Waals surface area contributed by atoms with Gasteiger partial charge >= 0.3 is 29.0 Å². The lowest BCUT2D eigenvalue weighted by molar-refractivity contribution is -0.135. The van der Waals surface area contributed by atoms with Crippen LogP contribution in [0.1, 0.15) is 0 Å². The number of alkyl halides is 3. The van der Waals surface area contributed by atoms with Gasteiger partial charge in [-0.2, -0.15) is 0 Å². The Morgan fingerprint density at radius 2 is 1.50 bits per heavy atom. The van der Waals surface area contributed by atoms with E-state index in [4.69, 9.17) is 39.9 Å². The fourth-order valence-corrected chi connectivity index (χ4v) is 0. The number of carboxylic acids is 1. The quantitative estimate of drug-likeness (QED) is 0.446. The van der Waals surface area contributed by atoms with Gasteiger partial charge in [-0.15, -0.1) is 0 Å². The van der Waals surface area contributed by atoms with Gasteiger partial charge < -0.3 is 5.11 Å². The third-order valence-electron chi connectivity index (χ3n) is 0.243. The maximum absolute atomic E-state index is 9.62. The third-order valence-corrected chi connectivity index (χ3v) is 0.728. The fourth-order valence-electron chi connectivity index (χ4n) is 0. The van der Waals surface area contributed by atoms with Gasteiger partial charge in [-0.3, -0.25) is 0 Å². The van der Waals surface area contributed by atoms with E-state index in [-0.39, 0.29) is 23.1 Å². The number of rotatable bonds is 0. The second-order valence-electron chi connectivity index (χ2n) is 0.803. The first-order chi connectivity index (χ1) is 2.94. The maximum Gasteiger partial charge on any atom is 0.356 e. The maximum atomic E-state index is 9.62. The molecule has 0 aliphatic rings. The molecule has 0 saturated carbocycles. The Balaban J connectivity index is 0. The summed E-state index contributed by atoms with van der Waals surface area (Å²) in [6, 6.07) is 0. The van der Waals surface area contributed by atoms with Crippen molar-refractivity contribution < 1.29 is 9.90 Å². The van der Waals surface area contributed by atoms with Crippen molar-refractivity contribution in [1.82, 2.24) is 0 Å². The molecule has 0 spiro atoms. The average Bonchev–Trinajstić information content (AvgIpc) is 1.31. The van der Waals surface area contributed by atoms with Gasteiger partial charge in [0.15, 0.2) is 0 Å². The van der Waals surface area contributed by atoms with Crippen molar-refractivity contribution in [2.45, 2.75) is 3.79 Å². The van der Waals surface area contributed by atoms with Crippen LogP contribution in [0.2, 0.25) is 0 Å². The minimum absolute atomic E-state index is 0. The topological polar surface area (TPSA) is 37.3 Å². The van der Waals surface area contributed by atoms with Crippen LogP contribution >= 0.6 is 34.8 Å². The van der Waals surface area contributed by atoms with Crippen LogP contribution in [0.5, 0.6) is 0 Å². The second-order valence-corrected chi connectivity index (χ2v) is 3.08. The first-order valence-electron chi connectivity index (χ1n) is 1.24. The molecule has 0 unspecified atom stereocenters. The Morgan fingerprint density at radius 3 is 1.50 bits per heavy atom. The van der Waals surface area contributed by atoms with Gasteiger partial charge in [0.2, 0.25) is 0 Å². The second kappa shape index (κ2) is 4.01. The number of carboxylic acid groups (broad SMARTS) is 1. The van der Waals surface area contributed by atoms with Crippen LogP contribution in [0.25, 0.3) is 0 Å². The van der Waals surface area contributed by atoms with Crippen molar-refractivity contribution >= 4 is 63.8 Å². The van der Waals surface area contributed by atoms with Crippen molar-refractivity contribution in [3.8, 4) is 0 Å². The van der Waals surface area contributed by atoms with E-state index in [0.717, 1.165) is 0 Å². The molecule has 46 valence electrons. The van der Waals surface area contributed by atoms with E-state index >= 15 is 0 Å². The van der Waals surface area contributed by atoms with Crippen LogP contribution in [0.3, 0.4) is 0 Å². The van der Waals surface area contributed by atoms with Crippen LogP contribution in [0.4, 0.5) is 0 Å². The van der Waals surface area contributed by atoms with Crippen LogP contribution in [0, 0.1) is 0 Å². The summed E-state index contributed by atoms with van der Waals surface area (Å²) in [5, 5.41) is 7.85. The molecule has 0 aliphatic heterocycles. The highest BCUT2D eigenvalue weighted by Gasteiger charge is 2.29. The van der Waals surface area contributed by atoms with E-state index in [1.54, 1.807) is 0 Å². The molecule has 0 fully saturated rings. The molecule has 0 atom stereocenters. The highest BCUT2D eigenvalue weighted by molar-refractivity contribution is 6.75. The van der Waals surface area contributed by atoms with Crippen molar-refractivity contribution in [3.63, 3.8) is 0 Å². The fraction of sp³-hybridized carbons (Fsp3) is 0.500. The lowest BCUT2D eigenvalue weighted by Gasteiger charge is -1.99. The Labute approximate surface area is 77.2 Å². The number of hydrogen-bond donors (Lipinski definition) is 1. The Morgan fingerprint density at radius 1 is 1.38 bits per heavy atom. The predicted molar refractivity (Wildman–Crippen MR) is 36.5 cm³/mol. The molecule has 1 N–H and O–H groups in total. The smallest absolute Gasteiger partial charge is 0.356 e. The number of aliphatic carboxylic acids is 1. The summed E-state index contributed by atoms with van der Waals surface area (Å²) in [5.41, 5.74) is 0. The largest absolute Gasteiger partial charge is 0.478 e. The summed E-state index contributed by atoms with van der Waals surface area (Å²) in [6.07, 6.45) is 0.